The molecule has 0 aliphatic carbocycles. The zero-order valence-electron chi connectivity index (χ0n) is 17.6. The van der Waals surface area contributed by atoms with Crippen molar-refractivity contribution in [2.45, 2.75) is 4.90 Å². The zero-order chi connectivity index (χ0) is 21.3. The summed E-state index contributed by atoms with van der Waals surface area (Å²) in [5.74, 6) is 0.805. The minimum atomic E-state index is -3.60. The minimum absolute atomic E-state index is 0.370. The molecule has 30 heavy (non-hydrogen) atoms. The molecule has 3 aromatic rings. The number of hydrogen-bond donors (Lipinski definition) is 0. The number of anilines is 2. The number of fused-ring (bicyclic) bond motifs is 1. The quantitative estimate of drug-likeness (QED) is 0.627. The van der Waals surface area contributed by atoms with Crippen LogP contribution in [-0.4, -0.2) is 60.1 Å². The molecule has 0 saturated carbocycles. The number of hydrogen-bond acceptors (Lipinski definition) is 5. The first kappa shape index (κ1) is 20.5. The first-order valence-corrected chi connectivity index (χ1v) is 11.4. The van der Waals surface area contributed by atoms with Crippen LogP contribution >= 0.6 is 0 Å². The number of piperazine rings is 1. The standard InChI is InChI=1S/C23H27N3O3S/c1-24(2)20-11-6-9-19-18(20)8-7-13-23(19)30(27,28)26-16-14-25(15-17-26)21-10-4-5-12-22(21)29-3/h4-13H,14-17H2,1-3H3. The van der Waals surface area contributed by atoms with E-state index in [1.807, 2.05) is 73.6 Å². The van der Waals surface area contributed by atoms with Gasteiger partial charge in [-0.1, -0.05) is 36.4 Å². The van der Waals surface area contributed by atoms with Gasteiger partial charge < -0.3 is 14.5 Å². The van der Waals surface area contributed by atoms with Gasteiger partial charge in [-0.2, -0.15) is 4.31 Å². The lowest BCUT2D eigenvalue weighted by molar-refractivity contribution is 0.378. The van der Waals surface area contributed by atoms with E-state index in [1.165, 1.54) is 0 Å². The van der Waals surface area contributed by atoms with Gasteiger partial charge in [0, 0.05) is 56.7 Å². The number of rotatable bonds is 5. The van der Waals surface area contributed by atoms with Gasteiger partial charge >= 0.3 is 0 Å². The van der Waals surface area contributed by atoms with E-state index in [0.29, 0.717) is 31.1 Å². The molecule has 1 aliphatic rings. The molecule has 7 heteroatoms. The molecule has 0 spiro atoms. The maximum atomic E-state index is 13.5. The molecule has 0 bridgehead atoms. The molecular weight excluding hydrogens is 398 g/mol. The summed E-state index contributed by atoms with van der Waals surface area (Å²) in [4.78, 5) is 4.55. The van der Waals surface area contributed by atoms with Crippen LogP contribution in [0.25, 0.3) is 10.8 Å². The lowest BCUT2D eigenvalue weighted by Gasteiger charge is -2.36. The number of methoxy groups -OCH3 is 1. The van der Waals surface area contributed by atoms with Crippen LogP contribution in [0.2, 0.25) is 0 Å². The second-order valence-corrected chi connectivity index (χ2v) is 9.49. The summed E-state index contributed by atoms with van der Waals surface area (Å²) < 4.78 is 34.1. The third kappa shape index (κ3) is 3.59. The predicted molar refractivity (Wildman–Crippen MR) is 122 cm³/mol. The molecule has 1 heterocycles. The molecule has 158 valence electrons. The van der Waals surface area contributed by atoms with Crippen LogP contribution in [0.15, 0.2) is 65.6 Å². The van der Waals surface area contributed by atoms with Gasteiger partial charge in [-0.25, -0.2) is 8.42 Å². The summed E-state index contributed by atoms with van der Waals surface area (Å²) in [7, 11) is 1.99. The van der Waals surface area contributed by atoms with Crippen LogP contribution in [0.4, 0.5) is 11.4 Å². The molecule has 0 radical (unpaired) electrons. The van der Waals surface area contributed by atoms with Crippen molar-refractivity contribution in [3.8, 4) is 5.75 Å². The van der Waals surface area contributed by atoms with Crippen LogP contribution < -0.4 is 14.5 Å². The van der Waals surface area contributed by atoms with Gasteiger partial charge in [0.15, 0.2) is 0 Å². The molecule has 0 amide bonds. The Bertz CT molecular complexity index is 1150. The predicted octanol–water partition coefficient (Wildman–Crippen LogP) is 3.43. The number of sulfonamides is 1. The van der Waals surface area contributed by atoms with Gasteiger partial charge in [0.1, 0.15) is 5.75 Å². The summed E-state index contributed by atoms with van der Waals surface area (Å²) in [6, 6.07) is 19.2. The van der Waals surface area contributed by atoms with Gasteiger partial charge in [0.2, 0.25) is 10.0 Å². The fraction of sp³-hybridized carbons (Fsp3) is 0.304. The van der Waals surface area contributed by atoms with Crippen molar-refractivity contribution in [1.29, 1.82) is 0 Å². The van der Waals surface area contributed by atoms with Crippen molar-refractivity contribution in [3.63, 3.8) is 0 Å². The number of nitrogens with zero attached hydrogens (tertiary/aromatic N) is 3. The van der Waals surface area contributed by atoms with Crippen LogP contribution in [0, 0.1) is 0 Å². The molecule has 1 saturated heterocycles. The fourth-order valence-corrected chi connectivity index (χ4v) is 5.71. The third-order valence-electron chi connectivity index (χ3n) is 5.62. The Balaban J connectivity index is 1.62. The van der Waals surface area contributed by atoms with Crippen molar-refractivity contribution >= 4 is 32.2 Å². The molecule has 0 N–H and O–H groups in total. The van der Waals surface area contributed by atoms with Crippen LogP contribution in [0.1, 0.15) is 0 Å². The maximum absolute atomic E-state index is 13.5. The normalized spacial score (nSPS) is 15.4. The van der Waals surface area contributed by atoms with Crippen molar-refractivity contribution in [1.82, 2.24) is 4.31 Å². The molecule has 1 aliphatic heterocycles. The highest BCUT2D eigenvalue weighted by Gasteiger charge is 2.30. The average Bonchev–Trinajstić information content (AvgIpc) is 2.78. The highest BCUT2D eigenvalue weighted by molar-refractivity contribution is 7.89. The first-order chi connectivity index (χ1) is 14.4. The Hall–Kier alpha value is -2.77. The highest BCUT2D eigenvalue weighted by Crippen LogP contribution is 2.33. The molecule has 1 fully saturated rings. The van der Waals surface area contributed by atoms with Crippen molar-refractivity contribution in [3.05, 3.63) is 60.7 Å². The van der Waals surface area contributed by atoms with Crippen molar-refractivity contribution in [2.75, 3.05) is 57.2 Å². The monoisotopic (exact) mass is 425 g/mol. The average molecular weight is 426 g/mol. The summed E-state index contributed by atoms with van der Waals surface area (Å²) in [5, 5.41) is 1.70. The van der Waals surface area contributed by atoms with Crippen LogP contribution in [0.3, 0.4) is 0 Å². The lowest BCUT2D eigenvalue weighted by Crippen LogP contribution is -2.48. The Morgan fingerprint density at radius 1 is 0.833 bits per heavy atom. The smallest absolute Gasteiger partial charge is 0.243 e. The van der Waals surface area contributed by atoms with Gasteiger partial charge in [-0.15, -0.1) is 0 Å². The van der Waals surface area contributed by atoms with E-state index in [9.17, 15) is 8.42 Å². The van der Waals surface area contributed by atoms with E-state index in [-0.39, 0.29) is 0 Å². The maximum Gasteiger partial charge on any atom is 0.243 e. The molecule has 6 nitrogen and oxygen atoms in total. The first-order valence-electron chi connectivity index (χ1n) is 10.0. The Labute approximate surface area is 178 Å². The Kier molecular flexibility index (Phi) is 5.58. The summed E-state index contributed by atoms with van der Waals surface area (Å²) in [6.45, 7) is 2.11. The molecule has 4 rings (SSSR count). The van der Waals surface area contributed by atoms with Gasteiger partial charge in [0.25, 0.3) is 0 Å². The van der Waals surface area contributed by atoms with E-state index in [2.05, 4.69) is 4.90 Å². The Morgan fingerprint density at radius 2 is 1.50 bits per heavy atom. The van der Waals surface area contributed by atoms with Gasteiger partial charge in [-0.3, -0.25) is 0 Å². The highest BCUT2D eigenvalue weighted by atomic mass is 32.2. The molecule has 0 atom stereocenters. The molecular formula is C23H27N3O3S. The minimum Gasteiger partial charge on any atom is -0.495 e. The second kappa shape index (κ2) is 8.16. The number of benzene rings is 3. The van der Waals surface area contributed by atoms with Crippen LogP contribution in [0.5, 0.6) is 5.75 Å². The summed E-state index contributed by atoms with van der Waals surface area (Å²) in [5.41, 5.74) is 2.00. The van der Waals surface area contributed by atoms with Crippen molar-refractivity contribution in [2.24, 2.45) is 0 Å². The van der Waals surface area contributed by atoms with E-state index >= 15 is 0 Å². The fourth-order valence-electron chi connectivity index (χ4n) is 4.08. The van der Waals surface area contributed by atoms with E-state index in [4.69, 9.17) is 4.74 Å². The molecule has 0 aromatic heterocycles. The largest absolute Gasteiger partial charge is 0.495 e. The molecule has 3 aromatic carbocycles. The SMILES string of the molecule is COc1ccccc1N1CCN(S(=O)(=O)c2cccc3c(N(C)C)cccc23)CC1. The zero-order valence-corrected chi connectivity index (χ0v) is 18.4. The van der Waals surface area contributed by atoms with E-state index < -0.39 is 10.0 Å². The Morgan fingerprint density at radius 3 is 2.20 bits per heavy atom. The summed E-state index contributed by atoms with van der Waals surface area (Å²) >= 11 is 0. The summed E-state index contributed by atoms with van der Waals surface area (Å²) in [6.07, 6.45) is 0. The van der Waals surface area contributed by atoms with Gasteiger partial charge in [-0.05, 0) is 24.3 Å². The third-order valence-corrected chi connectivity index (χ3v) is 7.58. The van der Waals surface area contributed by atoms with E-state index in [1.54, 1.807) is 17.5 Å². The van der Waals surface area contributed by atoms with Gasteiger partial charge in [0.05, 0.1) is 17.7 Å². The second-order valence-electron chi connectivity index (χ2n) is 7.59. The van der Waals surface area contributed by atoms with Crippen molar-refractivity contribution < 1.29 is 13.2 Å². The number of ether oxygens (including phenoxy) is 1. The number of para-hydroxylation sites is 2. The molecule has 0 unspecified atom stereocenters. The topological polar surface area (TPSA) is 53.1 Å². The lowest BCUT2D eigenvalue weighted by atomic mass is 10.1. The van der Waals surface area contributed by atoms with E-state index in [0.717, 1.165) is 27.9 Å². The van der Waals surface area contributed by atoms with Crippen LogP contribution in [-0.2, 0) is 10.0 Å².